The molecule has 1 atom stereocenters. The summed E-state index contributed by atoms with van der Waals surface area (Å²) in [5.74, 6) is 1.05. The maximum atomic E-state index is 11.8. The minimum absolute atomic E-state index is 0.0527. The van der Waals surface area contributed by atoms with Crippen LogP contribution >= 0.6 is 11.8 Å². The largest absolute Gasteiger partial charge is 0.496 e. The van der Waals surface area contributed by atoms with Crippen molar-refractivity contribution in [2.45, 2.75) is 26.0 Å². The van der Waals surface area contributed by atoms with Crippen LogP contribution in [0.15, 0.2) is 23.2 Å². The van der Waals surface area contributed by atoms with E-state index >= 15 is 0 Å². The summed E-state index contributed by atoms with van der Waals surface area (Å²) >= 11 is 1.49. The van der Waals surface area contributed by atoms with E-state index in [1.165, 1.54) is 11.8 Å². The van der Waals surface area contributed by atoms with Crippen molar-refractivity contribution >= 4 is 28.5 Å². The maximum absolute atomic E-state index is 11.8. The molecule has 1 aliphatic rings. The number of amides is 1. The quantitative estimate of drug-likeness (QED) is 0.923. The number of anilines is 1. The summed E-state index contributed by atoms with van der Waals surface area (Å²) in [4.78, 5) is 15.8. The van der Waals surface area contributed by atoms with Crippen molar-refractivity contribution in [1.82, 2.24) is 0 Å². The van der Waals surface area contributed by atoms with Crippen LogP contribution in [0.2, 0.25) is 0 Å². The summed E-state index contributed by atoms with van der Waals surface area (Å²) < 4.78 is 5.28. The van der Waals surface area contributed by atoms with Gasteiger partial charge < -0.3 is 10.1 Å². The SMILES string of the molecule is COc1cccc(NC2=NC(=O)C(C(C)C)S2)c1C. The van der Waals surface area contributed by atoms with Gasteiger partial charge >= 0.3 is 0 Å². The Labute approximate surface area is 117 Å². The number of nitrogens with zero attached hydrogens (tertiary/aromatic N) is 1. The molecule has 1 amide bonds. The van der Waals surface area contributed by atoms with E-state index in [1.54, 1.807) is 7.11 Å². The second kappa shape index (κ2) is 5.65. The zero-order valence-electron chi connectivity index (χ0n) is 11.6. The molecule has 1 aromatic carbocycles. The fourth-order valence-corrected chi connectivity index (χ4v) is 2.90. The molecule has 0 bridgehead atoms. The first-order valence-corrected chi connectivity index (χ1v) is 7.10. The highest BCUT2D eigenvalue weighted by Crippen LogP contribution is 2.31. The van der Waals surface area contributed by atoms with Crippen molar-refractivity contribution in [3.8, 4) is 5.75 Å². The van der Waals surface area contributed by atoms with E-state index < -0.39 is 0 Å². The van der Waals surface area contributed by atoms with Crippen LogP contribution in [0.5, 0.6) is 5.75 Å². The highest BCUT2D eigenvalue weighted by Gasteiger charge is 2.31. The number of methoxy groups -OCH3 is 1. The molecule has 4 nitrogen and oxygen atoms in total. The predicted octanol–water partition coefficient (Wildman–Crippen LogP) is 3.07. The van der Waals surface area contributed by atoms with E-state index in [2.05, 4.69) is 10.3 Å². The van der Waals surface area contributed by atoms with Crippen LogP contribution in [0, 0.1) is 12.8 Å². The number of carbonyl (C=O) groups is 1. The molecule has 0 saturated heterocycles. The lowest BCUT2D eigenvalue weighted by atomic mass is 10.1. The van der Waals surface area contributed by atoms with Crippen molar-refractivity contribution in [3.63, 3.8) is 0 Å². The fraction of sp³-hybridized carbons (Fsp3) is 0.429. The Morgan fingerprint density at radius 2 is 2.16 bits per heavy atom. The Bertz CT molecular complexity index is 526. The van der Waals surface area contributed by atoms with Crippen LogP contribution in [-0.2, 0) is 4.79 Å². The molecule has 0 saturated carbocycles. The number of nitrogens with one attached hydrogen (secondary N) is 1. The number of aliphatic imine (C=N–C) groups is 1. The third-order valence-corrected chi connectivity index (χ3v) is 4.46. The third kappa shape index (κ3) is 2.92. The summed E-state index contributed by atoms with van der Waals surface area (Å²) in [6.07, 6.45) is 0. The van der Waals surface area contributed by atoms with E-state index in [0.717, 1.165) is 17.0 Å². The first-order chi connectivity index (χ1) is 9.02. The summed E-state index contributed by atoms with van der Waals surface area (Å²) in [7, 11) is 1.65. The van der Waals surface area contributed by atoms with E-state index in [1.807, 2.05) is 39.0 Å². The Morgan fingerprint density at radius 1 is 1.42 bits per heavy atom. The van der Waals surface area contributed by atoms with Gasteiger partial charge in [0.05, 0.1) is 12.4 Å². The number of hydrogen-bond donors (Lipinski definition) is 1. The first-order valence-electron chi connectivity index (χ1n) is 6.22. The second-order valence-electron chi connectivity index (χ2n) is 4.80. The van der Waals surface area contributed by atoms with Crippen LogP contribution in [0.3, 0.4) is 0 Å². The van der Waals surface area contributed by atoms with E-state index in [9.17, 15) is 4.79 Å². The second-order valence-corrected chi connectivity index (χ2v) is 5.93. The van der Waals surface area contributed by atoms with Gasteiger partial charge in [-0.2, -0.15) is 4.99 Å². The van der Waals surface area contributed by atoms with Gasteiger partial charge in [-0.05, 0) is 25.0 Å². The predicted molar refractivity (Wildman–Crippen MR) is 80.0 cm³/mol. The molecular formula is C14H18N2O2S. The van der Waals surface area contributed by atoms with Gasteiger partial charge in [-0.25, -0.2) is 0 Å². The Hall–Kier alpha value is -1.49. The molecule has 5 heteroatoms. The van der Waals surface area contributed by atoms with Crippen LogP contribution in [-0.4, -0.2) is 23.4 Å². The fourth-order valence-electron chi connectivity index (χ4n) is 1.93. The Morgan fingerprint density at radius 3 is 2.74 bits per heavy atom. The van der Waals surface area contributed by atoms with Crippen LogP contribution in [0.4, 0.5) is 5.69 Å². The molecule has 1 heterocycles. The first kappa shape index (κ1) is 13.9. The van der Waals surface area contributed by atoms with Gasteiger partial charge in [0.25, 0.3) is 5.91 Å². The van der Waals surface area contributed by atoms with Gasteiger partial charge in [0, 0.05) is 11.3 Å². The maximum Gasteiger partial charge on any atom is 0.261 e. The standard InChI is InChI=1S/C14H18N2O2S/c1-8(2)12-13(17)16-14(19-12)15-10-6-5-7-11(18-4)9(10)3/h5-8,12H,1-4H3,(H,15,16,17). The topological polar surface area (TPSA) is 50.7 Å². The van der Waals surface area contributed by atoms with Crippen LogP contribution in [0.1, 0.15) is 19.4 Å². The number of benzene rings is 1. The summed E-state index contributed by atoms with van der Waals surface area (Å²) in [5.41, 5.74) is 1.93. The van der Waals surface area contributed by atoms with Gasteiger partial charge in [0.2, 0.25) is 0 Å². The van der Waals surface area contributed by atoms with E-state index in [4.69, 9.17) is 4.74 Å². The van der Waals surface area contributed by atoms with Gasteiger partial charge in [-0.1, -0.05) is 31.7 Å². The molecule has 1 aromatic rings. The van der Waals surface area contributed by atoms with Crippen molar-refractivity contribution in [3.05, 3.63) is 23.8 Å². The summed E-state index contributed by atoms with van der Waals surface area (Å²) in [6, 6.07) is 5.77. The number of ether oxygens (including phenoxy) is 1. The molecule has 1 aliphatic heterocycles. The van der Waals surface area contributed by atoms with Crippen molar-refractivity contribution in [2.24, 2.45) is 10.9 Å². The molecule has 0 radical (unpaired) electrons. The minimum atomic E-state index is -0.0755. The van der Waals surface area contributed by atoms with Crippen molar-refractivity contribution in [1.29, 1.82) is 0 Å². The third-order valence-electron chi connectivity index (χ3n) is 3.04. The monoisotopic (exact) mass is 278 g/mol. The molecule has 0 fully saturated rings. The van der Waals surface area contributed by atoms with Crippen molar-refractivity contribution < 1.29 is 9.53 Å². The molecule has 102 valence electrons. The van der Waals surface area contributed by atoms with Gasteiger partial charge in [0.1, 0.15) is 5.75 Å². The summed E-state index contributed by atoms with van der Waals surface area (Å²) in [5, 5.41) is 3.80. The van der Waals surface area contributed by atoms with Crippen molar-refractivity contribution in [2.75, 3.05) is 12.4 Å². The molecule has 0 spiro atoms. The number of hydrogen-bond acceptors (Lipinski definition) is 4. The normalized spacial score (nSPS) is 18.7. The molecular weight excluding hydrogens is 260 g/mol. The zero-order chi connectivity index (χ0) is 14.0. The van der Waals surface area contributed by atoms with Crippen LogP contribution in [0.25, 0.3) is 0 Å². The lowest BCUT2D eigenvalue weighted by Crippen LogP contribution is -2.17. The smallest absolute Gasteiger partial charge is 0.261 e. The Balaban J connectivity index is 2.15. The highest BCUT2D eigenvalue weighted by molar-refractivity contribution is 8.15. The minimum Gasteiger partial charge on any atom is -0.496 e. The average Bonchev–Trinajstić information content (AvgIpc) is 2.73. The molecule has 19 heavy (non-hydrogen) atoms. The Kier molecular flexibility index (Phi) is 4.14. The highest BCUT2D eigenvalue weighted by atomic mass is 32.2. The van der Waals surface area contributed by atoms with Crippen LogP contribution < -0.4 is 10.1 Å². The van der Waals surface area contributed by atoms with E-state index in [0.29, 0.717) is 5.17 Å². The summed E-state index contributed by atoms with van der Waals surface area (Å²) in [6.45, 7) is 6.04. The number of amidine groups is 1. The number of carbonyl (C=O) groups excluding carboxylic acids is 1. The number of rotatable bonds is 3. The molecule has 2 rings (SSSR count). The van der Waals surface area contributed by atoms with Gasteiger partial charge in [-0.3, -0.25) is 4.79 Å². The molecule has 1 N–H and O–H groups in total. The molecule has 0 aliphatic carbocycles. The van der Waals surface area contributed by atoms with Gasteiger partial charge in [-0.15, -0.1) is 0 Å². The lowest BCUT2D eigenvalue weighted by Gasteiger charge is -2.13. The average molecular weight is 278 g/mol. The number of thioether (sulfide) groups is 1. The lowest BCUT2D eigenvalue weighted by molar-refractivity contribution is -0.117. The zero-order valence-corrected chi connectivity index (χ0v) is 12.4. The molecule has 0 aromatic heterocycles. The molecule has 1 unspecified atom stereocenters. The van der Waals surface area contributed by atoms with Gasteiger partial charge in [0.15, 0.2) is 5.17 Å². The van der Waals surface area contributed by atoms with E-state index in [-0.39, 0.29) is 17.1 Å².